The molecule has 0 spiro atoms. The van der Waals surface area contributed by atoms with Crippen LogP contribution in [0, 0.1) is 5.41 Å². The Morgan fingerprint density at radius 3 is 2.67 bits per heavy atom. The molecule has 0 amide bonds. The van der Waals surface area contributed by atoms with Crippen LogP contribution < -0.4 is 5.32 Å². The highest BCUT2D eigenvalue weighted by molar-refractivity contribution is 5.85. The lowest BCUT2D eigenvalue weighted by atomic mass is 10.0. The fourth-order valence-corrected chi connectivity index (χ4v) is 1.97. The van der Waals surface area contributed by atoms with Crippen LogP contribution in [-0.2, 0) is 13.6 Å². The first-order valence-electron chi connectivity index (χ1n) is 5.57. The predicted molar refractivity (Wildman–Crippen MR) is 66.3 cm³/mol. The van der Waals surface area contributed by atoms with Gasteiger partial charge < -0.3 is 9.88 Å². The highest BCUT2D eigenvalue weighted by Crippen LogP contribution is 2.47. The molecule has 0 saturated heterocycles. The molecule has 0 aliphatic heterocycles. The van der Waals surface area contributed by atoms with Gasteiger partial charge in [-0.2, -0.15) is 0 Å². The van der Waals surface area contributed by atoms with Crippen molar-refractivity contribution in [2.45, 2.75) is 32.7 Å². The van der Waals surface area contributed by atoms with Gasteiger partial charge in [0.15, 0.2) is 0 Å². The molecule has 15 heavy (non-hydrogen) atoms. The van der Waals surface area contributed by atoms with Gasteiger partial charge in [0.05, 0.1) is 0 Å². The SMILES string of the molecule is CCC1(CNCc2cccn2C)CC1.Cl. The lowest BCUT2D eigenvalue weighted by Gasteiger charge is -2.13. The van der Waals surface area contributed by atoms with Gasteiger partial charge in [-0.05, 0) is 36.8 Å². The Labute approximate surface area is 98.5 Å². The average molecular weight is 229 g/mol. The molecule has 2 rings (SSSR count). The van der Waals surface area contributed by atoms with Crippen molar-refractivity contribution in [1.82, 2.24) is 9.88 Å². The topological polar surface area (TPSA) is 17.0 Å². The molecule has 1 aliphatic carbocycles. The van der Waals surface area contributed by atoms with Gasteiger partial charge in [0, 0.05) is 32.0 Å². The zero-order valence-corrected chi connectivity index (χ0v) is 10.4. The summed E-state index contributed by atoms with van der Waals surface area (Å²) in [6, 6.07) is 4.28. The molecule has 0 radical (unpaired) electrons. The van der Waals surface area contributed by atoms with Crippen molar-refractivity contribution in [2.24, 2.45) is 12.5 Å². The number of hydrogen-bond donors (Lipinski definition) is 1. The Balaban J connectivity index is 0.00000112. The van der Waals surface area contributed by atoms with Crippen molar-refractivity contribution < 1.29 is 0 Å². The van der Waals surface area contributed by atoms with E-state index in [-0.39, 0.29) is 12.4 Å². The van der Waals surface area contributed by atoms with E-state index in [0.717, 1.165) is 6.54 Å². The Morgan fingerprint density at radius 2 is 2.20 bits per heavy atom. The van der Waals surface area contributed by atoms with Gasteiger partial charge in [-0.25, -0.2) is 0 Å². The maximum atomic E-state index is 3.56. The first-order chi connectivity index (χ1) is 6.76. The predicted octanol–water partition coefficient (Wildman–Crippen LogP) is 2.73. The number of aryl methyl sites for hydroxylation is 1. The molecule has 1 heterocycles. The molecule has 2 nitrogen and oxygen atoms in total. The van der Waals surface area contributed by atoms with E-state index in [1.807, 2.05) is 0 Å². The fourth-order valence-electron chi connectivity index (χ4n) is 1.97. The third kappa shape index (κ3) is 2.99. The van der Waals surface area contributed by atoms with E-state index in [4.69, 9.17) is 0 Å². The largest absolute Gasteiger partial charge is 0.353 e. The maximum absolute atomic E-state index is 3.56. The summed E-state index contributed by atoms with van der Waals surface area (Å²) in [5.41, 5.74) is 2.03. The van der Waals surface area contributed by atoms with Crippen LogP contribution in [0.3, 0.4) is 0 Å². The third-order valence-electron chi connectivity index (χ3n) is 3.56. The first kappa shape index (κ1) is 12.6. The summed E-state index contributed by atoms with van der Waals surface area (Å²) in [5.74, 6) is 0. The van der Waals surface area contributed by atoms with E-state index < -0.39 is 0 Å². The van der Waals surface area contributed by atoms with E-state index in [1.54, 1.807) is 0 Å². The average Bonchev–Trinajstić information content (AvgIpc) is 2.86. The lowest BCUT2D eigenvalue weighted by Crippen LogP contribution is -2.23. The highest BCUT2D eigenvalue weighted by Gasteiger charge is 2.39. The van der Waals surface area contributed by atoms with Crippen LogP contribution in [0.25, 0.3) is 0 Å². The van der Waals surface area contributed by atoms with Crippen LogP contribution in [0.1, 0.15) is 31.9 Å². The summed E-state index contributed by atoms with van der Waals surface area (Å²) in [4.78, 5) is 0. The second-order valence-electron chi connectivity index (χ2n) is 4.57. The molecule has 1 N–H and O–H groups in total. The number of aromatic nitrogens is 1. The highest BCUT2D eigenvalue weighted by atomic mass is 35.5. The minimum Gasteiger partial charge on any atom is -0.353 e. The van der Waals surface area contributed by atoms with Gasteiger partial charge in [0.1, 0.15) is 0 Å². The molecule has 1 fully saturated rings. The standard InChI is InChI=1S/C12H20N2.ClH/c1-3-12(6-7-12)10-13-9-11-5-4-8-14(11)2;/h4-5,8,13H,3,6-7,9-10H2,1-2H3;1H. The monoisotopic (exact) mass is 228 g/mol. The molecule has 1 saturated carbocycles. The normalized spacial score (nSPS) is 17.2. The molecular weight excluding hydrogens is 208 g/mol. The van der Waals surface area contributed by atoms with Crippen LogP contribution in [-0.4, -0.2) is 11.1 Å². The summed E-state index contributed by atoms with van der Waals surface area (Å²) in [6.45, 7) is 4.50. The minimum atomic E-state index is 0. The van der Waals surface area contributed by atoms with Gasteiger partial charge >= 0.3 is 0 Å². The number of nitrogens with zero attached hydrogens (tertiary/aromatic N) is 1. The zero-order chi connectivity index (χ0) is 10.0. The molecule has 0 atom stereocenters. The van der Waals surface area contributed by atoms with E-state index >= 15 is 0 Å². The molecule has 0 bridgehead atoms. The smallest absolute Gasteiger partial charge is 0.0359 e. The molecule has 1 aliphatic rings. The van der Waals surface area contributed by atoms with E-state index in [2.05, 4.69) is 42.2 Å². The van der Waals surface area contributed by atoms with Crippen molar-refractivity contribution in [3.63, 3.8) is 0 Å². The zero-order valence-electron chi connectivity index (χ0n) is 9.62. The quantitative estimate of drug-likeness (QED) is 0.820. The van der Waals surface area contributed by atoms with E-state index in [1.165, 1.54) is 31.5 Å². The molecule has 0 aromatic carbocycles. The molecule has 86 valence electrons. The van der Waals surface area contributed by atoms with Crippen molar-refractivity contribution in [3.8, 4) is 0 Å². The van der Waals surface area contributed by atoms with Gasteiger partial charge in [-0.15, -0.1) is 12.4 Å². The van der Waals surface area contributed by atoms with E-state index in [0.29, 0.717) is 5.41 Å². The second-order valence-corrected chi connectivity index (χ2v) is 4.57. The van der Waals surface area contributed by atoms with Gasteiger partial charge in [-0.1, -0.05) is 6.92 Å². The summed E-state index contributed by atoms with van der Waals surface area (Å²) in [6.07, 6.45) is 6.27. The summed E-state index contributed by atoms with van der Waals surface area (Å²) in [7, 11) is 2.10. The summed E-state index contributed by atoms with van der Waals surface area (Å²) < 4.78 is 2.18. The number of halogens is 1. The van der Waals surface area contributed by atoms with Gasteiger partial charge in [0.25, 0.3) is 0 Å². The molecule has 3 heteroatoms. The van der Waals surface area contributed by atoms with Crippen LogP contribution in [0.5, 0.6) is 0 Å². The van der Waals surface area contributed by atoms with Crippen molar-refractivity contribution in [1.29, 1.82) is 0 Å². The summed E-state index contributed by atoms with van der Waals surface area (Å²) in [5, 5.41) is 3.56. The molecule has 1 aromatic rings. The minimum absolute atomic E-state index is 0. The van der Waals surface area contributed by atoms with Gasteiger partial charge in [0.2, 0.25) is 0 Å². The Bertz CT molecular complexity index is 302. The Morgan fingerprint density at radius 1 is 1.47 bits per heavy atom. The van der Waals surface area contributed by atoms with Gasteiger partial charge in [-0.3, -0.25) is 0 Å². The first-order valence-corrected chi connectivity index (χ1v) is 5.57. The Hall–Kier alpha value is -0.470. The number of rotatable bonds is 5. The maximum Gasteiger partial charge on any atom is 0.0359 e. The third-order valence-corrected chi connectivity index (χ3v) is 3.56. The Kier molecular flexibility index (Phi) is 4.23. The molecule has 0 unspecified atom stereocenters. The molecular formula is C12H21ClN2. The van der Waals surface area contributed by atoms with Crippen molar-refractivity contribution in [3.05, 3.63) is 24.0 Å². The van der Waals surface area contributed by atoms with Crippen LogP contribution in [0.4, 0.5) is 0 Å². The number of hydrogen-bond acceptors (Lipinski definition) is 1. The van der Waals surface area contributed by atoms with Crippen LogP contribution >= 0.6 is 12.4 Å². The number of nitrogens with one attached hydrogen (secondary N) is 1. The molecule has 1 aromatic heterocycles. The van der Waals surface area contributed by atoms with E-state index in [9.17, 15) is 0 Å². The second kappa shape index (κ2) is 5.04. The van der Waals surface area contributed by atoms with Crippen molar-refractivity contribution >= 4 is 12.4 Å². The summed E-state index contributed by atoms with van der Waals surface area (Å²) >= 11 is 0. The van der Waals surface area contributed by atoms with Crippen LogP contribution in [0.2, 0.25) is 0 Å². The van der Waals surface area contributed by atoms with Crippen molar-refractivity contribution in [2.75, 3.05) is 6.54 Å². The van der Waals surface area contributed by atoms with Crippen LogP contribution in [0.15, 0.2) is 18.3 Å². The lowest BCUT2D eigenvalue weighted by molar-refractivity contribution is 0.440. The fraction of sp³-hybridized carbons (Fsp3) is 0.667.